The quantitative estimate of drug-likeness (QED) is 0.728. The molecule has 2 aliphatic carbocycles. The minimum atomic E-state index is -0.294. The van der Waals surface area contributed by atoms with E-state index in [0.717, 1.165) is 46.5 Å². The first-order chi connectivity index (χ1) is 13.0. The lowest BCUT2D eigenvalue weighted by Crippen LogP contribution is -2.46. The van der Waals surface area contributed by atoms with Crippen molar-refractivity contribution >= 4 is 11.6 Å². The fourth-order valence-electron chi connectivity index (χ4n) is 5.09. The third-order valence-electron chi connectivity index (χ3n) is 6.36. The molecular weight excluding hydrogens is 348 g/mol. The molecule has 3 aliphatic rings. The molecule has 148 valence electrons. The van der Waals surface area contributed by atoms with E-state index in [2.05, 4.69) is 52.0 Å². The molecule has 0 aromatic heterocycles. The number of hydrogen-bond acceptors (Lipinski definition) is 4. The fraction of sp³-hybridized carbons (Fsp3) is 0.500. The maximum Gasteiger partial charge on any atom is 0.162 e. The highest BCUT2D eigenvalue weighted by Crippen LogP contribution is 2.53. The molecule has 1 aromatic carbocycles. The topological polar surface area (TPSA) is 63.4 Å². The van der Waals surface area contributed by atoms with Crippen LogP contribution in [0.3, 0.4) is 0 Å². The molecule has 0 radical (unpaired) electrons. The molecule has 0 saturated carbocycles. The van der Waals surface area contributed by atoms with Crippen LogP contribution in [0.15, 0.2) is 46.8 Å². The largest absolute Gasteiger partial charge is 0.294 e. The number of carbonyl (C=O) groups is 2. The minimum absolute atomic E-state index is 0.122. The Morgan fingerprint density at radius 1 is 0.821 bits per heavy atom. The van der Waals surface area contributed by atoms with Gasteiger partial charge in [-0.3, -0.25) is 14.6 Å². The fourth-order valence-corrected chi connectivity index (χ4v) is 5.09. The molecule has 4 nitrogen and oxygen atoms in total. The van der Waals surface area contributed by atoms with Crippen LogP contribution in [0, 0.1) is 17.8 Å². The van der Waals surface area contributed by atoms with Crippen molar-refractivity contribution in [3.05, 3.63) is 57.9 Å². The SMILES string of the molecule is Cc1ccc(C2C3=C(CC(C)(C)CC3=O)N(N)C3=C2C(=O)CC(C)(C)C3)cc1. The summed E-state index contributed by atoms with van der Waals surface area (Å²) in [6.45, 7) is 10.5. The van der Waals surface area contributed by atoms with Gasteiger partial charge in [-0.2, -0.15) is 0 Å². The molecule has 1 aliphatic heterocycles. The monoisotopic (exact) mass is 378 g/mol. The second kappa shape index (κ2) is 6.15. The van der Waals surface area contributed by atoms with Gasteiger partial charge in [0.15, 0.2) is 11.6 Å². The van der Waals surface area contributed by atoms with E-state index >= 15 is 0 Å². The molecule has 0 spiro atoms. The third-order valence-corrected chi connectivity index (χ3v) is 6.36. The molecule has 2 N–H and O–H groups in total. The van der Waals surface area contributed by atoms with E-state index in [1.165, 1.54) is 0 Å². The van der Waals surface area contributed by atoms with Crippen molar-refractivity contribution in [2.45, 2.75) is 66.2 Å². The van der Waals surface area contributed by atoms with Gasteiger partial charge in [0, 0.05) is 41.3 Å². The molecule has 0 bridgehead atoms. The van der Waals surface area contributed by atoms with Crippen LogP contribution >= 0.6 is 0 Å². The Morgan fingerprint density at radius 2 is 1.25 bits per heavy atom. The lowest BCUT2D eigenvalue weighted by Gasteiger charge is -2.47. The van der Waals surface area contributed by atoms with Crippen molar-refractivity contribution < 1.29 is 9.59 Å². The average molecular weight is 379 g/mol. The first-order valence-corrected chi connectivity index (χ1v) is 10.1. The zero-order valence-corrected chi connectivity index (χ0v) is 17.6. The Balaban J connectivity index is 1.96. The highest BCUT2D eigenvalue weighted by atomic mass is 16.1. The lowest BCUT2D eigenvalue weighted by atomic mass is 9.64. The predicted octanol–water partition coefficient (Wildman–Crippen LogP) is 4.55. The number of hydrazine groups is 1. The van der Waals surface area contributed by atoms with Gasteiger partial charge in [0.1, 0.15) is 0 Å². The number of nitrogens with two attached hydrogens (primary N) is 1. The van der Waals surface area contributed by atoms with E-state index in [9.17, 15) is 9.59 Å². The van der Waals surface area contributed by atoms with Crippen LogP contribution in [0.5, 0.6) is 0 Å². The zero-order chi connectivity index (χ0) is 20.4. The molecule has 1 heterocycles. The van der Waals surface area contributed by atoms with Crippen molar-refractivity contribution in [2.75, 3.05) is 0 Å². The Hall–Kier alpha value is -2.20. The summed E-state index contributed by atoms with van der Waals surface area (Å²) in [5.41, 5.74) is 5.19. The van der Waals surface area contributed by atoms with Gasteiger partial charge in [-0.25, -0.2) is 5.84 Å². The van der Waals surface area contributed by atoms with Gasteiger partial charge in [0.2, 0.25) is 0 Å². The molecule has 0 amide bonds. The van der Waals surface area contributed by atoms with Crippen molar-refractivity contribution in [3.8, 4) is 0 Å². The van der Waals surface area contributed by atoms with Crippen LogP contribution < -0.4 is 5.84 Å². The van der Waals surface area contributed by atoms with Crippen LogP contribution in [0.4, 0.5) is 0 Å². The predicted molar refractivity (Wildman–Crippen MR) is 110 cm³/mol. The number of rotatable bonds is 1. The molecule has 4 heteroatoms. The van der Waals surface area contributed by atoms with Gasteiger partial charge in [-0.05, 0) is 36.2 Å². The number of aryl methyl sites for hydroxylation is 1. The Labute approximate surface area is 167 Å². The summed E-state index contributed by atoms with van der Waals surface area (Å²) >= 11 is 0. The number of Topliss-reactive ketones (excluding diaryl/α,β-unsaturated/α-hetero) is 2. The Morgan fingerprint density at radius 3 is 1.68 bits per heavy atom. The summed E-state index contributed by atoms with van der Waals surface area (Å²) in [5, 5.41) is 1.69. The second-order valence-electron chi connectivity index (χ2n) is 10.3. The summed E-state index contributed by atoms with van der Waals surface area (Å²) in [4.78, 5) is 26.5. The molecule has 0 unspecified atom stereocenters. The molecule has 0 saturated heterocycles. The van der Waals surface area contributed by atoms with E-state index < -0.39 is 0 Å². The number of ketones is 2. The summed E-state index contributed by atoms with van der Waals surface area (Å²) < 4.78 is 0. The summed E-state index contributed by atoms with van der Waals surface area (Å²) in [6.07, 6.45) is 2.48. The number of nitrogens with zero attached hydrogens (tertiary/aromatic N) is 1. The van der Waals surface area contributed by atoms with E-state index in [0.29, 0.717) is 12.8 Å². The van der Waals surface area contributed by atoms with E-state index in [-0.39, 0.29) is 28.3 Å². The normalized spacial score (nSPS) is 24.4. The molecule has 0 atom stereocenters. The minimum Gasteiger partial charge on any atom is -0.294 e. The molecule has 28 heavy (non-hydrogen) atoms. The molecule has 0 fully saturated rings. The number of allylic oxidation sites excluding steroid dienone is 4. The van der Waals surface area contributed by atoms with Crippen LogP contribution in [-0.2, 0) is 9.59 Å². The maximum absolute atomic E-state index is 13.3. The zero-order valence-electron chi connectivity index (χ0n) is 17.6. The second-order valence-corrected chi connectivity index (χ2v) is 10.3. The van der Waals surface area contributed by atoms with Gasteiger partial charge in [0.05, 0.1) is 0 Å². The first-order valence-electron chi connectivity index (χ1n) is 10.1. The summed E-state index contributed by atoms with van der Waals surface area (Å²) in [5.74, 6) is 6.54. The number of benzene rings is 1. The first kappa shape index (κ1) is 19.1. The van der Waals surface area contributed by atoms with Crippen LogP contribution in [0.2, 0.25) is 0 Å². The highest BCUT2D eigenvalue weighted by Gasteiger charge is 2.48. The van der Waals surface area contributed by atoms with Crippen LogP contribution in [-0.4, -0.2) is 16.6 Å². The average Bonchev–Trinajstić information content (AvgIpc) is 2.56. The van der Waals surface area contributed by atoms with E-state index in [4.69, 9.17) is 5.84 Å². The lowest BCUT2D eigenvalue weighted by molar-refractivity contribution is -0.119. The van der Waals surface area contributed by atoms with Crippen LogP contribution in [0.1, 0.15) is 70.4 Å². The van der Waals surface area contributed by atoms with Gasteiger partial charge in [-0.15, -0.1) is 0 Å². The van der Waals surface area contributed by atoms with Gasteiger partial charge < -0.3 is 0 Å². The number of hydrogen-bond donors (Lipinski definition) is 1. The van der Waals surface area contributed by atoms with Crippen LogP contribution in [0.25, 0.3) is 0 Å². The highest BCUT2D eigenvalue weighted by molar-refractivity contribution is 6.06. The standard InChI is InChI=1S/C24H30N2O2/c1-14-6-8-15(9-7-14)20-21-16(10-23(2,3)12-18(21)27)26(25)17-11-24(4,5)13-19(28)22(17)20/h6-9,20H,10-13,25H2,1-5H3. The molecule has 1 aromatic rings. The van der Waals surface area contributed by atoms with Crippen molar-refractivity contribution in [1.29, 1.82) is 0 Å². The Kier molecular flexibility index (Phi) is 4.20. The molecular formula is C24H30N2O2. The molecule has 4 rings (SSSR count). The van der Waals surface area contributed by atoms with Gasteiger partial charge >= 0.3 is 0 Å². The van der Waals surface area contributed by atoms with Crippen molar-refractivity contribution in [3.63, 3.8) is 0 Å². The third kappa shape index (κ3) is 3.04. The van der Waals surface area contributed by atoms with E-state index in [1.54, 1.807) is 5.01 Å². The van der Waals surface area contributed by atoms with Gasteiger partial charge in [0.25, 0.3) is 0 Å². The van der Waals surface area contributed by atoms with Gasteiger partial charge in [-0.1, -0.05) is 57.5 Å². The maximum atomic E-state index is 13.3. The summed E-state index contributed by atoms with van der Waals surface area (Å²) in [6, 6.07) is 8.22. The smallest absolute Gasteiger partial charge is 0.162 e. The Bertz CT molecular complexity index is 878. The van der Waals surface area contributed by atoms with Crippen molar-refractivity contribution in [1.82, 2.24) is 5.01 Å². The summed E-state index contributed by atoms with van der Waals surface area (Å²) in [7, 11) is 0. The van der Waals surface area contributed by atoms with E-state index in [1.807, 2.05) is 6.92 Å². The van der Waals surface area contributed by atoms with Crippen molar-refractivity contribution in [2.24, 2.45) is 16.7 Å². The number of carbonyl (C=O) groups excluding carboxylic acids is 2.